The third-order valence-electron chi connectivity index (χ3n) is 2.37. The zero-order valence-corrected chi connectivity index (χ0v) is 7.13. The van der Waals surface area contributed by atoms with Gasteiger partial charge in [0.25, 0.3) is 0 Å². The quantitative estimate of drug-likeness (QED) is 0.426. The molecule has 61 valence electrons. The molecule has 1 aliphatic rings. The molecule has 1 heteroatoms. The van der Waals surface area contributed by atoms with Crippen LogP contribution in [-0.4, -0.2) is 24.1 Å². The van der Waals surface area contributed by atoms with Crippen LogP contribution >= 0.6 is 0 Å². The maximum absolute atomic E-state index is 3.78. The van der Waals surface area contributed by atoms with Crippen molar-refractivity contribution in [3.05, 3.63) is 31.9 Å². The Morgan fingerprint density at radius 1 is 1.18 bits per heavy atom. The molecule has 1 rings (SSSR count). The van der Waals surface area contributed by atoms with Gasteiger partial charge in [-0.15, -0.1) is 0 Å². The first-order chi connectivity index (χ1) is 5.33. The molecule has 0 N–H and O–H groups in total. The molecule has 0 amide bonds. The van der Waals surface area contributed by atoms with E-state index in [1.165, 1.54) is 25.9 Å². The van der Waals surface area contributed by atoms with E-state index in [1.54, 1.807) is 0 Å². The predicted octanol–water partition coefficient (Wildman–Crippen LogP) is 2.13. The van der Waals surface area contributed by atoms with Gasteiger partial charge in [0, 0.05) is 12.8 Å². The van der Waals surface area contributed by atoms with E-state index < -0.39 is 0 Å². The van der Waals surface area contributed by atoms with Crippen LogP contribution in [0, 0.1) is 6.54 Å². The highest BCUT2D eigenvalue weighted by atomic mass is 15.4. The highest BCUT2D eigenvalue weighted by molar-refractivity contribution is 4.83. The van der Waals surface area contributed by atoms with Crippen molar-refractivity contribution >= 4 is 0 Å². The number of rotatable bonds is 4. The number of nitrogens with zero attached hydrogens (tertiary/aromatic N) is 1. The van der Waals surface area contributed by atoms with Crippen LogP contribution in [0.1, 0.15) is 12.8 Å². The van der Waals surface area contributed by atoms with E-state index in [0.717, 1.165) is 11.0 Å². The van der Waals surface area contributed by atoms with Crippen molar-refractivity contribution in [3.63, 3.8) is 0 Å². The lowest BCUT2D eigenvalue weighted by Gasteiger charge is -2.30. The zero-order chi connectivity index (χ0) is 8.16. The molecular weight excluding hydrogens is 134 g/mol. The Hall–Kier alpha value is -0.560. The van der Waals surface area contributed by atoms with Crippen molar-refractivity contribution in [1.82, 2.24) is 0 Å². The number of quaternary nitrogens is 1. The molecule has 0 atom stereocenters. The molecule has 0 aromatic heterocycles. The summed E-state index contributed by atoms with van der Waals surface area (Å²) in [5.41, 5.74) is 0. The van der Waals surface area contributed by atoms with Crippen LogP contribution in [0.5, 0.6) is 0 Å². The minimum absolute atomic E-state index is 1.06. The van der Waals surface area contributed by atoms with E-state index >= 15 is 0 Å². The fraction of sp³-hybridized carbons (Fsp3) is 0.500. The summed E-state index contributed by atoms with van der Waals surface area (Å²) in [5, 5.41) is 0. The number of likely N-dealkylation sites (tertiary alicyclic amines) is 1. The van der Waals surface area contributed by atoms with E-state index in [1.807, 2.05) is 12.2 Å². The third-order valence-corrected chi connectivity index (χ3v) is 2.37. The maximum atomic E-state index is 3.78. The molecule has 0 bridgehead atoms. The molecule has 1 saturated heterocycles. The Morgan fingerprint density at radius 3 is 2.27 bits per heavy atom. The van der Waals surface area contributed by atoms with Crippen LogP contribution in [-0.2, 0) is 0 Å². The van der Waals surface area contributed by atoms with Crippen molar-refractivity contribution in [1.29, 1.82) is 0 Å². The topological polar surface area (TPSA) is 0 Å². The van der Waals surface area contributed by atoms with Gasteiger partial charge in [-0.3, -0.25) is 0 Å². The summed E-state index contributed by atoms with van der Waals surface area (Å²) >= 11 is 0. The van der Waals surface area contributed by atoms with Crippen molar-refractivity contribution in [2.24, 2.45) is 0 Å². The zero-order valence-electron chi connectivity index (χ0n) is 7.13. The van der Waals surface area contributed by atoms with Crippen LogP contribution in [0.4, 0.5) is 0 Å². The molecule has 0 aromatic rings. The maximum Gasteiger partial charge on any atom is 0.164 e. The summed E-state index contributed by atoms with van der Waals surface area (Å²) in [4.78, 5) is 0. The van der Waals surface area contributed by atoms with Crippen LogP contribution in [0.25, 0.3) is 0 Å². The highest BCUT2D eigenvalue weighted by Crippen LogP contribution is 2.21. The molecule has 1 heterocycles. The Bertz CT molecular complexity index is 131. The Kier molecular flexibility index (Phi) is 2.89. The summed E-state index contributed by atoms with van der Waals surface area (Å²) in [6, 6.07) is 0. The SMILES string of the molecule is C=C[CH][N+]1(CC=C)CCCC1. The van der Waals surface area contributed by atoms with E-state index in [-0.39, 0.29) is 0 Å². The van der Waals surface area contributed by atoms with Gasteiger partial charge in [0.15, 0.2) is 6.54 Å². The molecule has 1 nitrogen and oxygen atoms in total. The van der Waals surface area contributed by atoms with Gasteiger partial charge >= 0.3 is 0 Å². The smallest absolute Gasteiger partial charge is 0.164 e. The van der Waals surface area contributed by atoms with Gasteiger partial charge in [0.05, 0.1) is 19.6 Å². The first-order valence-electron chi connectivity index (χ1n) is 4.26. The molecule has 1 radical (unpaired) electrons. The second-order valence-corrected chi connectivity index (χ2v) is 3.23. The first-order valence-corrected chi connectivity index (χ1v) is 4.26. The van der Waals surface area contributed by atoms with E-state index in [9.17, 15) is 0 Å². The first kappa shape index (κ1) is 8.54. The average Bonchev–Trinajstić information content (AvgIpc) is 2.39. The molecule has 0 saturated carbocycles. The van der Waals surface area contributed by atoms with Crippen molar-refractivity contribution in [3.8, 4) is 0 Å². The van der Waals surface area contributed by atoms with Crippen molar-refractivity contribution in [2.45, 2.75) is 12.8 Å². The average molecular weight is 151 g/mol. The molecular formula is C10H17N+. The highest BCUT2D eigenvalue weighted by Gasteiger charge is 2.29. The van der Waals surface area contributed by atoms with Gasteiger partial charge < -0.3 is 4.48 Å². The van der Waals surface area contributed by atoms with Crippen molar-refractivity contribution in [2.75, 3.05) is 19.6 Å². The van der Waals surface area contributed by atoms with Crippen LogP contribution in [0.15, 0.2) is 25.3 Å². The summed E-state index contributed by atoms with van der Waals surface area (Å²) in [7, 11) is 0. The standard InChI is InChI=1S/C10H17N/c1-3-7-11(8-4-2)9-5-6-10-11/h3-4,7H,1-2,5-6,8-10H2/q+1. The fourth-order valence-electron chi connectivity index (χ4n) is 1.84. The molecule has 11 heavy (non-hydrogen) atoms. The summed E-state index contributed by atoms with van der Waals surface area (Å²) in [6.07, 6.45) is 6.61. The lowest BCUT2D eigenvalue weighted by Crippen LogP contribution is -2.41. The normalized spacial score (nSPS) is 21.5. The van der Waals surface area contributed by atoms with Gasteiger partial charge in [0.1, 0.15) is 0 Å². The summed E-state index contributed by atoms with van der Waals surface area (Å²) < 4.78 is 1.08. The Morgan fingerprint density at radius 2 is 1.82 bits per heavy atom. The summed E-state index contributed by atoms with van der Waals surface area (Å²) in [6.45, 7) is 13.3. The molecule has 1 aliphatic heterocycles. The van der Waals surface area contributed by atoms with Gasteiger partial charge in [-0.05, 0) is 12.2 Å². The second-order valence-electron chi connectivity index (χ2n) is 3.23. The number of hydrogen-bond donors (Lipinski definition) is 0. The Balaban J connectivity index is 2.53. The Labute approximate surface area is 69.6 Å². The lowest BCUT2D eigenvalue weighted by molar-refractivity contribution is -0.878. The van der Waals surface area contributed by atoms with Gasteiger partial charge in [-0.2, -0.15) is 0 Å². The van der Waals surface area contributed by atoms with Gasteiger partial charge in [-0.25, -0.2) is 0 Å². The lowest BCUT2D eigenvalue weighted by atomic mass is 10.3. The molecule has 0 unspecified atom stereocenters. The van der Waals surface area contributed by atoms with Crippen LogP contribution in [0.3, 0.4) is 0 Å². The van der Waals surface area contributed by atoms with Crippen LogP contribution < -0.4 is 0 Å². The van der Waals surface area contributed by atoms with Crippen molar-refractivity contribution < 1.29 is 4.48 Å². The third kappa shape index (κ3) is 1.93. The van der Waals surface area contributed by atoms with E-state index in [0.29, 0.717) is 0 Å². The molecule has 0 aromatic carbocycles. The minimum atomic E-state index is 1.06. The predicted molar refractivity (Wildman–Crippen MR) is 48.8 cm³/mol. The van der Waals surface area contributed by atoms with E-state index in [2.05, 4.69) is 19.7 Å². The number of hydrogen-bond acceptors (Lipinski definition) is 0. The molecule has 0 spiro atoms. The summed E-state index contributed by atoms with van der Waals surface area (Å²) in [5.74, 6) is 0. The molecule has 1 fully saturated rings. The molecule has 0 aliphatic carbocycles. The largest absolute Gasteiger partial charge is 0.309 e. The monoisotopic (exact) mass is 151 g/mol. The van der Waals surface area contributed by atoms with Gasteiger partial charge in [0.2, 0.25) is 0 Å². The fourth-order valence-corrected chi connectivity index (χ4v) is 1.84. The second kappa shape index (κ2) is 3.72. The van der Waals surface area contributed by atoms with E-state index in [4.69, 9.17) is 0 Å². The minimum Gasteiger partial charge on any atom is -0.309 e. The van der Waals surface area contributed by atoms with Gasteiger partial charge in [-0.1, -0.05) is 13.2 Å². The van der Waals surface area contributed by atoms with Crippen LogP contribution in [0.2, 0.25) is 0 Å².